The number of carbonyl (C=O) groups is 1. The van der Waals surface area contributed by atoms with Gasteiger partial charge in [-0.05, 0) is 55.2 Å². The van der Waals surface area contributed by atoms with Crippen molar-refractivity contribution in [2.24, 2.45) is 0 Å². The third-order valence-electron chi connectivity index (χ3n) is 7.15. The van der Waals surface area contributed by atoms with Crippen LogP contribution < -0.4 is 4.74 Å². The largest absolute Gasteiger partial charge is 0.500 e. The molecule has 1 aromatic rings. The number of esters is 1. The number of rotatable bonds is 22. The second-order valence-electron chi connectivity index (χ2n) is 9.28. The van der Waals surface area contributed by atoms with E-state index in [0.717, 1.165) is 42.4 Å². The highest BCUT2D eigenvalue weighted by Crippen LogP contribution is 2.32. The second kappa shape index (κ2) is 18.5. The first-order valence-electron chi connectivity index (χ1n) is 13.4. The van der Waals surface area contributed by atoms with Crippen molar-refractivity contribution >= 4 is 32.4 Å². The minimum Gasteiger partial charge on any atom is -0.426 e. The molecule has 11 nitrogen and oxygen atoms in total. The summed E-state index contributed by atoms with van der Waals surface area (Å²) in [4.78, 5) is 12.2. The summed E-state index contributed by atoms with van der Waals surface area (Å²) >= 11 is 0. The van der Waals surface area contributed by atoms with Crippen LogP contribution in [-0.4, -0.2) is 96.4 Å². The Hall–Kier alpha value is -1.02. The fourth-order valence-electron chi connectivity index (χ4n) is 4.79. The van der Waals surface area contributed by atoms with Crippen LogP contribution in [0.3, 0.4) is 0 Å². The summed E-state index contributed by atoms with van der Waals surface area (Å²) in [6.07, 6.45) is 4.39. The molecule has 0 aliphatic heterocycles. The summed E-state index contributed by atoms with van der Waals surface area (Å²) in [6, 6.07) is 6.17. The number of benzene rings is 1. The molecule has 0 aliphatic carbocycles. The maximum absolute atomic E-state index is 12.2. The van der Waals surface area contributed by atoms with Gasteiger partial charge in [0, 0.05) is 89.0 Å². The molecule has 14 heteroatoms. The summed E-state index contributed by atoms with van der Waals surface area (Å²) in [5.74, 6) is 0.236. The molecule has 0 aliphatic rings. The smallest absolute Gasteiger partial charge is 0.426 e. The highest BCUT2D eigenvalue weighted by atomic mass is 28.4. The van der Waals surface area contributed by atoms with E-state index in [0.29, 0.717) is 36.7 Å². The molecule has 0 fully saturated rings. The van der Waals surface area contributed by atoms with Crippen LogP contribution in [0.15, 0.2) is 12.1 Å². The minimum absolute atomic E-state index is 0.366. The summed E-state index contributed by atoms with van der Waals surface area (Å²) in [5, 5.41) is 0. The fraction of sp³-hybridized carbons (Fsp3) is 0.731. The lowest BCUT2D eigenvalue weighted by Crippen LogP contribution is -2.42. The summed E-state index contributed by atoms with van der Waals surface area (Å²) in [5.41, 5.74) is 3.04. The highest BCUT2D eigenvalue weighted by Gasteiger charge is 2.39. The third-order valence-corrected chi connectivity index (χ3v) is 15.6. The lowest BCUT2D eigenvalue weighted by atomic mass is 9.96. The van der Waals surface area contributed by atoms with Crippen molar-refractivity contribution in [2.75, 3.05) is 64.0 Å². The number of hydrogen-bond donors (Lipinski definition) is 0. The normalized spacial score (nSPS) is 12.7. The number of carbonyl (C=O) groups excluding carboxylic acids is 1. The van der Waals surface area contributed by atoms with E-state index in [1.54, 1.807) is 64.0 Å². The van der Waals surface area contributed by atoms with Gasteiger partial charge >= 0.3 is 32.4 Å². The van der Waals surface area contributed by atoms with Crippen molar-refractivity contribution in [3.8, 4) is 5.75 Å². The first kappa shape index (κ1) is 37.0. The Kier molecular flexibility index (Phi) is 17.1. The molecule has 232 valence electrons. The van der Waals surface area contributed by atoms with Crippen LogP contribution in [0.25, 0.3) is 0 Å². The zero-order chi connectivity index (χ0) is 30.2. The fourth-order valence-corrected chi connectivity index (χ4v) is 9.95. The van der Waals surface area contributed by atoms with E-state index in [1.807, 2.05) is 0 Å². The van der Waals surface area contributed by atoms with E-state index in [9.17, 15) is 4.79 Å². The molecule has 0 heterocycles. The van der Waals surface area contributed by atoms with Gasteiger partial charge in [-0.15, -0.1) is 0 Å². The van der Waals surface area contributed by atoms with Gasteiger partial charge in [0.25, 0.3) is 0 Å². The molecule has 40 heavy (non-hydrogen) atoms. The standard InChI is InChI=1S/C26H50O11Si3/c1-22(27)37-26-24(15-12-18-39(31-5,32-6)33-7)20-23(14-11-17-38(28-2,29-3)30-4)21-25(26)16-13-19-40(34-8,35-9)36-10/h20-21H,11-19H2,1-10H3. The van der Waals surface area contributed by atoms with Crippen LogP contribution >= 0.6 is 0 Å². The van der Waals surface area contributed by atoms with Gasteiger partial charge in [-0.25, -0.2) is 0 Å². The van der Waals surface area contributed by atoms with Gasteiger partial charge in [0.2, 0.25) is 0 Å². The topological polar surface area (TPSA) is 109 Å². The molecule has 1 aromatic carbocycles. The van der Waals surface area contributed by atoms with Crippen LogP contribution in [0.2, 0.25) is 18.1 Å². The Morgan fingerprint density at radius 1 is 0.550 bits per heavy atom. The Labute approximate surface area is 243 Å². The number of aryl methyl sites for hydroxylation is 3. The van der Waals surface area contributed by atoms with Crippen molar-refractivity contribution in [3.05, 3.63) is 28.8 Å². The Morgan fingerprint density at radius 2 is 0.850 bits per heavy atom. The van der Waals surface area contributed by atoms with E-state index >= 15 is 0 Å². The van der Waals surface area contributed by atoms with Crippen molar-refractivity contribution in [2.45, 2.75) is 63.6 Å². The molecule has 0 unspecified atom stereocenters. The molecule has 0 N–H and O–H groups in total. The van der Waals surface area contributed by atoms with Crippen molar-refractivity contribution in [3.63, 3.8) is 0 Å². The Bertz CT molecular complexity index is 804. The SMILES string of the molecule is CO[Si](CCCc1cc(CCC[Si](OC)(OC)OC)c(OC(C)=O)c(CCC[Si](OC)(OC)OC)c1)(OC)OC. The van der Waals surface area contributed by atoms with Gasteiger partial charge < -0.3 is 44.6 Å². The predicted octanol–water partition coefficient (Wildman–Crippen LogP) is 4.04. The molecular weight excluding hydrogens is 573 g/mol. The van der Waals surface area contributed by atoms with Crippen LogP contribution in [-0.2, 0) is 63.9 Å². The maximum Gasteiger partial charge on any atom is 0.500 e. The van der Waals surface area contributed by atoms with Gasteiger partial charge in [0.15, 0.2) is 0 Å². The maximum atomic E-state index is 12.2. The molecule has 0 atom stereocenters. The lowest BCUT2D eigenvalue weighted by molar-refractivity contribution is -0.132. The molecule has 0 bridgehead atoms. The number of hydrogen-bond acceptors (Lipinski definition) is 11. The summed E-state index contributed by atoms with van der Waals surface area (Å²) in [6.45, 7) is 1.42. The van der Waals surface area contributed by atoms with Gasteiger partial charge in [0.1, 0.15) is 5.75 Å². The van der Waals surface area contributed by atoms with Crippen molar-refractivity contribution in [1.29, 1.82) is 0 Å². The van der Waals surface area contributed by atoms with Gasteiger partial charge in [-0.2, -0.15) is 0 Å². The average molecular weight is 623 g/mol. The molecule has 0 saturated carbocycles. The molecule has 1 rings (SSSR count). The van der Waals surface area contributed by atoms with E-state index in [4.69, 9.17) is 44.6 Å². The van der Waals surface area contributed by atoms with Crippen molar-refractivity contribution in [1.82, 2.24) is 0 Å². The van der Waals surface area contributed by atoms with E-state index < -0.39 is 26.4 Å². The van der Waals surface area contributed by atoms with Crippen LogP contribution in [0.1, 0.15) is 42.9 Å². The monoisotopic (exact) mass is 622 g/mol. The first-order chi connectivity index (χ1) is 19.1. The third kappa shape index (κ3) is 10.7. The predicted molar refractivity (Wildman–Crippen MR) is 157 cm³/mol. The summed E-state index contributed by atoms with van der Waals surface area (Å²) < 4.78 is 56.2. The molecule has 0 spiro atoms. The molecule has 0 radical (unpaired) electrons. The van der Waals surface area contributed by atoms with E-state index in [1.165, 1.54) is 6.92 Å². The number of ether oxygens (including phenoxy) is 1. The lowest BCUT2D eigenvalue weighted by Gasteiger charge is -2.25. The van der Waals surface area contributed by atoms with Crippen LogP contribution in [0, 0.1) is 0 Å². The van der Waals surface area contributed by atoms with E-state index in [-0.39, 0.29) is 5.97 Å². The van der Waals surface area contributed by atoms with Crippen LogP contribution in [0.4, 0.5) is 0 Å². The zero-order valence-corrected chi connectivity index (χ0v) is 29.0. The van der Waals surface area contributed by atoms with Gasteiger partial charge in [-0.1, -0.05) is 12.1 Å². The first-order valence-corrected chi connectivity index (χ1v) is 19.2. The zero-order valence-electron chi connectivity index (χ0n) is 26.0. The molecule has 0 saturated heterocycles. The van der Waals surface area contributed by atoms with Crippen molar-refractivity contribution < 1.29 is 49.4 Å². The quantitative estimate of drug-likeness (QED) is 0.106. The average Bonchev–Trinajstić information content (AvgIpc) is 2.97. The molecule has 0 amide bonds. The molecule has 0 aromatic heterocycles. The van der Waals surface area contributed by atoms with E-state index in [2.05, 4.69) is 12.1 Å². The molecular formula is C26H50O11Si3. The second-order valence-corrected chi connectivity index (χ2v) is 18.6. The highest BCUT2D eigenvalue weighted by molar-refractivity contribution is 6.61. The minimum atomic E-state index is -2.74. The summed E-state index contributed by atoms with van der Waals surface area (Å²) in [7, 11) is 6.34. The van der Waals surface area contributed by atoms with Gasteiger partial charge in [-0.3, -0.25) is 4.79 Å². The Balaban J connectivity index is 3.34. The van der Waals surface area contributed by atoms with Gasteiger partial charge in [0.05, 0.1) is 0 Å². The van der Waals surface area contributed by atoms with Crippen LogP contribution in [0.5, 0.6) is 5.75 Å². The Morgan fingerprint density at radius 3 is 1.12 bits per heavy atom.